The van der Waals surface area contributed by atoms with Gasteiger partial charge in [0.2, 0.25) is 0 Å². The zero-order valence-corrected chi connectivity index (χ0v) is 10.7. The van der Waals surface area contributed by atoms with Gasteiger partial charge in [-0.25, -0.2) is 0 Å². The highest BCUT2D eigenvalue weighted by molar-refractivity contribution is 5.81. The number of rotatable bonds is 3. The Morgan fingerprint density at radius 1 is 1.24 bits per heavy atom. The molecule has 1 atom stereocenters. The van der Waals surface area contributed by atoms with Gasteiger partial charge in [0.25, 0.3) is 0 Å². The van der Waals surface area contributed by atoms with Crippen LogP contribution in [0.5, 0.6) is 0 Å². The molecule has 1 unspecified atom stereocenters. The van der Waals surface area contributed by atoms with E-state index in [0.29, 0.717) is 0 Å². The maximum atomic E-state index is 10.2. The van der Waals surface area contributed by atoms with Gasteiger partial charge >= 0.3 is 0 Å². The van der Waals surface area contributed by atoms with Gasteiger partial charge in [0.15, 0.2) is 0 Å². The summed E-state index contributed by atoms with van der Waals surface area (Å²) in [4.78, 5) is 0. The van der Waals surface area contributed by atoms with Gasteiger partial charge in [-0.15, -0.1) is 0 Å². The summed E-state index contributed by atoms with van der Waals surface area (Å²) in [7, 11) is 0. The number of benzene rings is 1. The summed E-state index contributed by atoms with van der Waals surface area (Å²) in [5.41, 5.74) is 2.00. The van der Waals surface area contributed by atoms with Gasteiger partial charge in [-0.05, 0) is 24.3 Å². The second kappa shape index (κ2) is 4.53. The Bertz CT molecular complexity index is 491. The van der Waals surface area contributed by atoms with E-state index in [0.717, 1.165) is 29.4 Å². The fraction of sp³-hybridized carbons (Fsp3) is 0.467. The van der Waals surface area contributed by atoms with Gasteiger partial charge in [0.1, 0.15) is 5.58 Å². The molecule has 17 heavy (non-hydrogen) atoms. The number of furan rings is 1. The van der Waals surface area contributed by atoms with Crippen molar-refractivity contribution in [2.24, 2.45) is 5.41 Å². The number of para-hydroxylation sites is 1. The highest BCUT2D eigenvalue weighted by Crippen LogP contribution is 2.32. The van der Waals surface area contributed by atoms with Gasteiger partial charge in [-0.3, -0.25) is 0 Å². The molecule has 92 valence electrons. The van der Waals surface area contributed by atoms with Crippen LogP contribution in [0.25, 0.3) is 11.0 Å². The lowest BCUT2D eigenvalue weighted by Crippen LogP contribution is -2.07. The van der Waals surface area contributed by atoms with Crippen LogP contribution < -0.4 is 0 Å². The lowest BCUT2D eigenvalue weighted by atomic mass is 9.88. The van der Waals surface area contributed by atoms with Crippen LogP contribution >= 0.6 is 0 Å². The third kappa shape index (κ3) is 2.89. The molecule has 2 heteroatoms. The minimum absolute atomic E-state index is 0.251. The fourth-order valence-corrected chi connectivity index (χ4v) is 1.98. The Hall–Kier alpha value is -1.28. The van der Waals surface area contributed by atoms with E-state index in [1.165, 1.54) is 0 Å². The zero-order valence-electron chi connectivity index (χ0n) is 10.7. The van der Waals surface area contributed by atoms with Crippen LogP contribution in [-0.2, 0) is 0 Å². The van der Waals surface area contributed by atoms with E-state index in [9.17, 15) is 5.11 Å². The number of hydrogen-bond acceptors (Lipinski definition) is 2. The van der Waals surface area contributed by atoms with Crippen LogP contribution in [0.15, 0.2) is 34.9 Å². The second-order valence-electron chi connectivity index (χ2n) is 5.80. The van der Waals surface area contributed by atoms with E-state index in [2.05, 4.69) is 20.8 Å². The first-order valence-electron chi connectivity index (χ1n) is 6.11. The maximum Gasteiger partial charge on any atom is 0.134 e. The van der Waals surface area contributed by atoms with E-state index in [-0.39, 0.29) is 5.41 Å². The first-order valence-corrected chi connectivity index (χ1v) is 6.11. The summed E-state index contributed by atoms with van der Waals surface area (Å²) >= 11 is 0. The average molecular weight is 232 g/mol. The van der Waals surface area contributed by atoms with Crippen molar-refractivity contribution in [3.63, 3.8) is 0 Å². The zero-order chi connectivity index (χ0) is 12.5. The first-order chi connectivity index (χ1) is 7.97. The Labute approximate surface area is 102 Å². The molecule has 0 saturated carbocycles. The van der Waals surface area contributed by atoms with Crippen LogP contribution in [0, 0.1) is 5.41 Å². The molecule has 0 bridgehead atoms. The van der Waals surface area contributed by atoms with E-state index in [1.807, 2.05) is 24.3 Å². The van der Waals surface area contributed by atoms with Crippen molar-refractivity contribution in [3.8, 4) is 0 Å². The maximum absolute atomic E-state index is 10.2. The van der Waals surface area contributed by atoms with Crippen molar-refractivity contribution in [1.29, 1.82) is 0 Å². The third-order valence-corrected chi connectivity index (χ3v) is 3.04. The molecule has 0 aliphatic rings. The van der Waals surface area contributed by atoms with E-state index >= 15 is 0 Å². The molecule has 1 aromatic heterocycles. The van der Waals surface area contributed by atoms with Crippen molar-refractivity contribution in [2.45, 2.75) is 39.7 Å². The largest absolute Gasteiger partial charge is 0.464 e. The molecular formula is C15H20O2. The van der Waals surface area contributed by atoms with Crippen molar-refractivity contribution in [2.75, 3.05) is 0 Å². The highest BCUT2D eigenvalue weighted by Gasteiger charge is 2.18. The van der Waals surface area contributed by atoms with Crippen LogP contribution in [-0.4, -0.2) is 5.11 Å². The van der Waals surface area contributed by atoms with Gasteiger partial charge in [0.05, 0.1) is 12.4 Å². The van der Waals surface area contributed by atoms with Gasteiger partial charge < -0.3 is 9.52 Å². The molecular weight excluding hydrogens is 212 g/mol. The van der Waals surface area contributed by atoms with Crippen molar-refractivity contribution < 1.29 is 9.52 Å². The van der Waals surface area contributed by atoms with Crippen molar-refractivity contribution >= 4 is 11.0 Å². The summed E-state index contributed by atoms with van der Waals surface area (Å²) < 4.78 is 5.44. The minimum atomic E-state index is -0.433. The number of fused-ring (bicyclic) bond motifs is 1. The standard InChI is InChI=1S/C15H20O2/c1-15(2,3)9-8-13(16)12-10-17-14-7-5-4-6-11(12)14/h4-7,10,13,16H,8-9H2,1-3H3. The smallest absolute Gasteiger partial charge is 0.134 e. The van der Waals surface area contributed by atoms with Crippen molar-refractivity contribution in [3.05, 3.63) is 36.1 Å². The van der Waals surface area contributed by atoms with Crippen LogP contribution in [0.4, 0.5) is 0 Å². The molecule has 2 rings (SSSR count). The fourth-order valence-electron chi connectivity index (χ4n) is 1.98. The molecule has 0 aliphatic heterocycles. The Morgan fingerprint density at radius 3 is 2.65 bits per heavy atom. The average Bonchev–Trinajstić information content (AvgIpc) is 2.68. The molecule has 0 aliphatic carbocycles. The molecule has 0 amide bonds. The molecule has 0 fully saturated rings. The minimum Gasteiger partial charge on any atom is -0.464 e. The van der Waals surface area contributed by atoms with E-state index in [4.69, 9.17) is 4.42 Å². The molecule has 2 nitrogen and oxygen atoms in total. The molecule has 2 aromatic rings. The topological polar surface area (TPSA) is 33.4 Å². The summed E-state index contributed by atoms with van der Waals surface area (Å²) in [5.74, 6) is 0. The summed E-state index contributed by atoms with van der Waals surface area (Å²) in [5, 5.41) is 11.2. The third-order valence-electron chi connectivity index (χ3n) is 3.04. The quantitative estimate of drug-likeness (QED) is 0.856. The molecule has 0 saturated heterocycles. The molecule has 1 N–H and O–H groups in total. The number of aliphatic hydroxyl groups is 1. The monoisotopic (exact) mass is 232 g/mol. The van der Waals surface area contributed by atoms with Gasteiger partial charge in [0, 0.05) is 10.9 Å². The Kier molecular flexibility index (Phi) is 3.25. The number of hydrogen-bond donors (Lipinski definition) is 1. The molecule has 1 aromatic carbocycles. The SMILES string of the molecule is CC(C)(C)CCC(O)c1coc2ccccc12. The van der Waals surface area contributed by atoms with Crippen LogP contribution in [0.1, 0.15) is 45.3 Å². The van der Waals surface area contributed by atoms with Gasteiger partial charge in [-0.1, -0.05) is 39.0 Å². The molecule has 1 heterocycles. The molecule has 0 spiro atoms. The van der Waals surface area contributed by atoms with Crippen LogP contribution in [0.3, 0.4) is 0 Å². The predicted octanol–water partition coefficient (Wildman–Crippen LogP) is 4.29. The van der Waals surface area contributed by atoms with Crippen molar-refractivity contribution in [1.82, 2.24) is 0 Å². The predicted molar refractivity (Wildman–Crippen MR) is 69.9 cm³/mol. The lowest BCUT2D eigenvalue weighted by molar-refractivity contribution is 0.148. The summed E-state index contributed by atoms with van der Waals surface area (Å²) in [6, 6.07) is 7.83. The van der Waals surface area contributed by atoms with E-state index < -0.39 is 6.10 Å². The summed E-state index contributed by atoms with van der Waals surface area (Å²) in [6.45, 7) is 6.56. The highest BCUT2D eigenvalue weighted by atomic mass is 16.3. The Morgan fingerprint density at radius 2 is 1.94 bits per heavy atom. The number of aliphatic hydroxyl groups excluding tert-OH is 1. The lowest BCUT2D eigenvalue weighted by Gasteiger charge is -2.19. The van der Waals surface area contributed by atoms with Gasteiger partial charge in [-0.2, -0.15) is 0 Å². The van der Waals surface area contributed by atoms with Crippen LogP contribution in [0.2, 0.25) is 0 Å². The van der Waals surface area contributed by atoms with E-state index in [1.54, 1.807) is 6.26 Å². The molecule has 0 radical (unpaired) electrons. The second-order valence-corrected chi connectivity index (χ2v) is 5.80. The first kappa shape index (κ1) is 12.2. The normalized spacial score (nSPS) is 14.1. The Balaban J connectivity index is 2.16. The summed E-state index contributed by atoms with van der Waals surface area (Å²) in [6.07, 6.45) is 3.01.